The van der Waals surface area contributed by atoms with Crippen molar-refractivity contribution in [2.75, 3.05) is 0 Å². The lowest BCUT2D eigenvalue weighted by Gasteiger charge is -2.05. The number of halogens is 2. The molecule has 1 saturated carbocycles. The van der Waals surface area contributed by atoms with Crippen LogP contribution < -0.4 is 5.32 Å². The van der Waals surface area contributed by atoms with E-state index in [0.717, 1.165) is 28.6 Å². The van der Waals surface area contributed by atoms with Gasteiger partial charge < -0.3 is 5.32 Å². The number of carbonyl (C=O) groups excluding carboxylic acids is 1. The quantitative estimate of drug-likeness (QED) is 0.767. The highest BCUT2D eigenvalue weighted by atomic mass is 35.5. The molecule has 2 heterocycles. The summed E-state index contributed by atoms with van der Waals surface area (Å²) in [5.74, 6) is 1.12. The molecule has 0 saturated heterocycles. The molecule has 0 aliphatic heterocycles. The van der Waals surface area contributed by atoms with E-state index >= 15 is 0 Å². The Labute approximate surface area is 145 Å². The Morgan fingerprint density at radius 2 is 2.17 bits per heavy atom. The smallest absolute Gasteiger partial charge is 0.253 e. The number of hydrogen-bond acceptors (Lipinski definition) is 5. The van der Waals surface area contributed by atoms with E-state index in [0.29, 0.717) is 28.1 Å². The Morgan fingerprint density at radius 3 is 2.91 bits per heavy atom. The number of benzene rings is 1. The summed E-state index contributed by atoms with van der Waals surface area (Å²) in [4.78, 5) is 12.9. The highest BCUT2D eigenvalue weighted by molar-refractivity contribution is 7.16. The first-order chi connectivity index (χ1) is 11.1. The number of rotatable bonds is 4. The summed E-state index contributed by atoms with van der Waals surface area (Å²) in [6.45, 7) is 0.315. The first-order valence-corrected chi connectivity index (χ1v) is 8.63. The molecule has 0 unspecified atom stereocenters. The Morgan fingerprint density at radius 1 is 1.35 bits per heavy atom. The number of hydrogen-bond donors (Lipinski definition) is 1. The second-order valence-corrected chi connectivity index (χ2v) is 7.21. The molecule has 3 aromatic rings. The largest absolute Gasteiger partial charge is 0.345 e. The fourth-order valence-corrected chi connectivity index (χ4v) is 3.54. The van der Waals surface area contributed by atoms with Crippen molar-refractivity contribution in [3.05, 3.63) is 44.6 Å². The average Bonchev–Trinajstić information content (AvgIpc) is 3.15. The Kier molecular flexibility index (Phi) is 3.71. The molecule has 9 heteroatoms. The van der Waals surface area contributed by atoms with Crippen molar-refractivity contribution in [3.8, 4) is 0 Å². The van der Waals surface area contributed by atoms with E-state index in [1.807, 2.05) is 0 Å². The van der Waals surface area contributed by atoms with Gasteiger partial charge in [-0.1, -0.05) is 34.5 Å². The molecule has 0 radical (unpaired) electrons. The summed E-state index contributed by atoms with van der Waals surface area (Å²) >= 11 is 13.3. The molecular weight excluding hydrogens is 357 g/mol. The molecule has 1 aliphatic carbocycles. The molecule has 4 rings (SSSR count). The van der Waals surface area contributed by atoms with Crippen LogP contribution in [0.4, 0.5) is 0 Å². The summed E-state index contributed by atoms with van der Waals surface area (Å²) in [7, 11) is 0. The topological polar surface area (TPSA) is 72.2 Å². The SMILES string of the molecule is O=C(NCc1nn2c(C3CC3)nnc2s1)c1ccc(Cl)cc1Cl. The van der Waals surface area contributed by atoms with Crippen LogP contribution in [-0.2, 0) is 6.54 Å². The van der Waals surface area contributed by atoms with Crippen molar-refractivity contribution in [2.45, 2.75) is 25.3 Å². The first-order valence-electron chi connectivity index (χ1n) is 7.06. The van der Waals surface area contributed by atoms with E-state index in [-0.39, 0.29) is 5.91 Å². The van der Waals surface area contributed by atoms with Crippen molar-refractivity contribution in [1.29, 1.82) is 0 Å². The van der Waals surface area contributed by atoms with Crippen molar-refractivity contribution >= 4 is 45.4 Å². The highest BCUT2D eigenvalue weighted by Gasteiger charge is 2.30. The van der Waals surface area contributed by atoms with Crippen LogP contribution in [0.25, 0.3) is 4.96 Å². The normalized spacial score (nSPS) is 14.3. The number of nitrogens with one attached hydrogen (secondary N) is 1. The van der Waals surface area contributed by atoms with E-state index in [1.54, 1.807) is 22.7 Å². The molecule has 0 bridgehead atoms. The molecule has 0 spiro atoms. The molecule has 1 fully saturated rings. The fourth-order valence-electron chi connectivity index (χ4n) is 2.26. The Bertz CT molecular complexity index is 902. The van der Waals surface area contributed by atoms with E-state index in [4.69, 9.17) is 23.2 Å². The molecule has 118 valence electrons. The van der Waals surface area contributed by atoms with Crippen LogP contribution in [0.1, 0.15) is 39.9 Å². The summed E-state index contributed by atoms with van der Waals surface area (Å²) < 4.78 is 1.78. The third kappa shape index (κ3) is 2.91. The van der Waals surface area contributed by atoms with Crippen LogP contribution in [0.2, 0.25) is 10.0 Å². The predicted octanol–water partition coefficient (Wildman–Crippen LogP) is 3.30. The van der Waals surface area contributed by atoms with Gasteiger partial charge in [0.1, 0.15) is 5.01 Å². The number of carbonyl (C=O) groups is 1. The summed E-state index contributed by atoms with van der Waals surface area (Å²) in [5, 5.41) is 17.2. The average molecular weight is 368 g/mol. The van der Waals surface area contributed by atoms with Crippen LogP contribution >= 0.6 is 34.5 Å². The van der Waals surface area contributed by atoms with Gasteiger partial charge in [0.25, 0.3) is 5.91 Å². The second-order valence-electron chi connectivity index (χ2n) is 5.33. The molecule has 1 aromatic carbocycles. The zero-order valence-electron chi connectivity index (χ0n) is 11.8. The maximum atomic E-state index is 12.2. The molecule has 2 aromatic heterocycles. The van der Waals surface area contributed by atoms with Gasteiger partial charge in [-0.15, -0.1) is 10.2 Å². The molecule has 1 aliphatic rings. The maximum Gasteiger partial charge on any atom is 0.253 e. The lowest BCUT2D eigenvalue weighted by molar-refractivity contribution is 0.0951. The minimum Gasteiger partial charge on any atom is -0.345 e. The fraction of sp³-hybridized carbons (Fsp3) is 0.286. The summed E-state index contributed by atoms with van der Waals surface area (Å²) in [5.41, 5.74) is 0.387. The molecule has 1 N–H and O–H groups in total. The van der Waals surface area contributed by atoms with Crippen molar-refractivity contribution in [1.82, 2.24) is 25.1 Å². The standard InChI is InChI=1S/C14H11Cl2N5OS/c15-8-3-4-9(10(16)5-8)13(22)17-6-11-20-21-12(7-1-2-7)18-19-14(21)23-11/h3-5,7H,1-2,6H2,(H,17,22). The number of nitrogens with zero attached hydrogens (tertiary/aromatic N) is 4. The van der Waals surface area contributed by atoms with Gasteiger partial charge in [-0.3, -0.25) is 4.79 Å². The van der Waals surface area contributed by atoms with Gasteiger partial charge in [-0.25, -0.2) is 0 Å². The van der Waals surface area contributed by atoms with Crippen molar-refractivity contribution in [2.24, 2.45) is 0 Å². The molecule has 0 atom stereocenters. The van der Waals surface area contributed by atoms with Crippen molar-refractivity contribution in [3.63, 3.8) is 0 Å². The van der Waals surface area contributed by atoms with Gasteiger partial charge in [-0.05, 0) is 31.0 Å². The van der Waals surface area contributed by atoms with E-state index in [1.165, 1.54) is 11.3 Å². The molecular formula is C14H11Cl2N5OS. The van der Waals surface area contributed by atoms with Crippen LogP contribution in [0.15, 0.2) is 18.2 Å². The lowest BCUT2D eigenvalue weighted by Crippen LogP contribution is -2.23. The van der Waals surface area contributed by atoms with E-state index in [9.17, 15) is 4.79 Å². The third-order valence-electron chi connectivity index (χ3n) is 3.58. The van der Waals surface area contributed by atoms with E-state index in [2.05, 4.69) is 20.6 Å². The number of amides is 1. The van der Waals surface area contributed by atoms with Gasteiger partial charge in [0.05, 0.1) is 17.1 Å². The first kappa shape index (κ1) is 14.9. The zero-order valence-corrected chi connectivity index (χ0v) is 14.1. The molecule has 1 amide bonds. The lowest BCUT2D eigenvalue weighted by atomic mass is 10.2. The maximum absolute atomic E-state index is 12.2. The zero-order chi connectivity index (χ0) is 16.0. The Hall–Kier alpha value is -1.70. The van der Waals surface area contributed by atoms with Gasteiger partial charge in [0.2, 0.25) is 4.96 Å². The van der Waals surface area contributed by atoms with Crippen LogP contribution in [0, 0.1) is 0 Å². The monoisotopic (exact) mass is 367 g/mol. The van der Waals surface area contributed by atoms with Gasteiger partial charge in [0, 0.05) is 10.9 Å². The van der Waals surface area contributed by atoms with Gasteiger partial charge >= 0.3 is 0 Å². The summed E-state index contributed by atoms with van der Waals surface area (Å²) in [6, 6.07) is 4.78. The highest BCUT2D eigenvalue weighted by Crippen LogP contribution is 2.39. The molecule has 23 heavy (non-hydrogen) atoms. The van der Waals surface area contributed by atoms with Crippen molar-refractivity contribution < 1.29 is 4.79 Å². The van der Waals surface area contributed by atoms with Crippen LogP contribution in [0.5, 0.6) is 0 Å². The van der Waals surface area contributed by atoms with E-state index < -0.39 is 0 Å². The van der Waals surface area contributed by atoms with Crippen LogP contribution in [-0.4, -0.2) is 25.7 Å². The second kappa shape index (κ2) is 5.74. The third-order valence-corrected chi connectivity index (χ3v) is 5.02. The minimum atomic E-state index is -0.264. The molecule has 6 nitrogen and oxygen atoms in total. The Balaban J connectivity index is 1.49. The number of aromatic nitrogens is 4. The van der Waals surface area contributed by atoms with Gasteiger partial charge in [0.15, 0.2) is 5.82 Å². The number of fused-ring (bicyclic) bond motifs is 1. The minimum absolute atomic E-state index is 0.264. The van der Waals surface area contributed by atoms with Gasteiger partial charge in [-0.2, -0.15) is 9.61 Å². The summed E-state index contributed by atoms with van der Waals surface area (Å²) in [6.07, 6.45) is 2.28. The van der Waals surface area contributed by atoms with Crippen LogP contribution in [0.3, 0.4) is 0 Å². The predicted molar refractivity (Wildman–Crippen MR) is 88.3 cm³/mol.